The van der Waals surface area contributed by atoms with Crippen LogP contribution >= 0.6 is 22.9 Å². The molecule has 2 aromatic heterocycles. The van der Waals surface area contributed by atoms with Crippen molar-refractivity contribution in [2.45, 2.75) is 0 Å². The monoisotopic (exact) mass is 426 g/mol. The minimum atomic E-state index is -0.580. The normalized spacial score (nSPS) is 10.7. The molecule has 0 atom stereocenters. The molecule has 4 aromatic rings. The molecule has 4 rings (SSSR count). The number of aromatic nitrogens is 2. The van der Waals surface area contributed by atoms with Crippen LogP contribution in [0.2, 0.25) is 5.02 Å². The molecule has 10 heteroatoms. The summed E-state index contributed by atoms with van der Waals surface area (Å²) in [6, 6.07) is 14.4. The highest BCUT2D eigenvalue weighted by Crippen LogP contribution is 2.31. The van der Waals surface area contributed by atoms with E-state index in [2.05, 4.69) is 15.5 Å². The Balaban J connectivity index is 1.62. The van der Waals surface area contributed by atoms with Crippen LogP contribution in [0.25, 0.3) is 22.2 Å². The van der Waals surface area contributed by atoms with Crippen molar-refractivity contribution in [1.82, 2.24) is 10.1 Å². The SMILES string of the molecule is O=C(Nc1ccccc1-c1nc(-c2cccs2)no1)c1ccc([N+](=O)[O-])cc1Cl. The molecule has 0 unspecified atom stereocenters. The lowest BCUT2D eigenvalue weighted by Gasteiger charge is -2.09. The first-order valence-electron chi connectivity index (χ1n) is 8.25. The second-order valence-corrected chi connectivity index (χ2v) is 7.18. The summed E-state index contributed by atoms with van der Waals surface area (Å²) in [5.41, 5.74) is 0.887. The number of nitro benzene ring substituents is 1. The number of hydrogen-bond donors (Lipinski definition) is 1. The highest BCUT2D eigenvalue weighted by molar-refractivity contribution is 7.13. The van der Waals surface area contributed by atoms with Gasteiger partial charge in [-0.15, -0.1) is 11.3 Å². The number of hydrogen-bond acceptors (Lipinski definition) is 7. The first-order valence-corrected chi connectivity index (χ1v) is 9.51. The van der Waals surface area contributed by atoms with Crippen molar-refractivity contribution in [2.24, 2.45) is 0 Å². The maximum atomic E-state index is 12.7. The number of benzene rings is 2. The second kappa shape index (κ2) is 7.82. The fraction of sp³-hybridized carbons (Fsp3) is 0. The van der Waals surface area contributed by atoms with E-state index in [1.165, 1.54) is 23.5 Å². The van der Waals surface area contributed by atoms with Crippen molar-refractivity contribution in [1.29, 1.82) is 0 Å². The van der Waals surface area contributed by atoms with Gasteiger partial charge < -0.3 is 9.84 Å². The van der Waals surface area contributed by atoms with Crippen molar-refractivity contribution in [3.8, 4) is 22.2 Å². The first kappa shape index (κ1) is 18.8. The third-order valence-electron chi connectivity index (χ3n) is 3.98. The Morgan fingerprint density at radius 1 is 1.17 bits per heavy atom. The molecule has 0 saturated carbocycles. The lowest BCUT2D eigenvalue weighted by molar-refractivity contribution is -0.384. The molecule has 0 radical (unpaired) electrons. The van der Waals surface area contributed by atoms with Gasteiger partial charge in [-0.3, -0.25) is 14.9 Å². The van der Waals surface area contributed by atoms with Crippen molar-refractivity contribution in [2.75, 3.05) is 5.32 Å². The van der Waals surface area contributed by atoms with Crippen LogP contribution in [-0.4, -0.2) is 21.0 Å². The first-order chi connectivity index (χ1) is 14.0. The van der Waals surface area contributed by atoms with Crippen molar-refractivity contribution < 1.29 is 14.2 Å². The van der Waals surface area contributed by atoms with Gasteiger partial charge in [-0.1, -0.05) is 35.0 Å². The molecule has 0 aliphatic rings. The number of amides is 1. The maximum Gasteiger partial charge on any atom is 0.270 e. The lowest BCUT2D eigenvalue weighted by atomic mass is 10.1. The number of carbonyl (C=O) groups is 1. The summed E-state index contributed by atoms with van der Waals surface area (Å²) in [7, 11) is 0. The van der Waals surface area contributed by atoms with E-state index in [0.29, 0.717) is 17.1 Å². The molecule has 2 heterocycles. The van der Waals surface area contributed by atoms with Crippen LogP contribution in [0.5, 0.6) is 0 Å². The number of nitrogens with zero attached hydrogens (tertiary/aromatic N) is 3. The van der Waals surface area contributed by atoms with E-state index < -0.39 is 10.8 Å². The zero-order valence-electron chi connectivity index (χ0n) is 14.5. The van der Waals surface area contributed by atoms with Crippen LogP contribution in [0.15, 0.2) is 64.5 Å². The number of nitrogens with one attached hydrogen (secondary N) is 1. The van der Waals surface area contributed by atoms with Gasteiger partial charge >= 0.3 is 0 Å². The molecule has 0 aliphatic carbocycles. The van der Waals surface area contributed by atoms with Gasteiger partial charge in [-0.25, -0.2) is 0 Å². The number of non-ortho nitro benzene ring substituents is 1. The van der Waals surface area contributed by atoms with Gasteiger partial charge in [0.1, 0.15) is 0 Å². The minimum Gasteiger partial charge on any atom is -0.334 e. The lowest BCUT2D eigenvalue weighted by Crippen LogP contribution is -2.13. The molecule has 0 bridgehead atoms. The van der Waals surface area contributed by atoms with E-state index in [1.54, 1.807) is 24.3 Å². The molecule has 0 spiro atoms. The van der Waals surface area contributed by atoms with Gasteiger partial charge in [0.15, 0.2) is 0 Å². The Morgan fingerprint density at radius 3 is 2.72 bits per heavy atom. The van der Waals surface area contributed by atoms with Gasteiger partial charge in [-0.2, -0.15) is 4.98 Å². The maximum absolute atomic E-state index is 12.7. The van der Waals surface area contributed by atoms with Crippen LogP contribution < -0.4 is 5.32 Å². The van der Waals surface area contributed by atoms with Gasteiger partial charge in [0, 0.05) is 12.1 Å². The van der Waals surface area contributed by atoms with Crippen molar-refractivity contribution in [3.05, 3.63) is 80.7 Å². The topological polar surface area (TPSA) is 111 Å². The van der Waals surface area contributed by atoms with Gasteiger partial charge in [0.05, 0.1) is 31.6 Å². The Hall–Kier alpha value is -3.56. The molecule has 29 heavy (non-hydrogen) atoms. The van der Waals surface area contributed by atoms with E-state index >= 15 is 0 Å². The van der Waals surface area contributed by atoms with E-state index in [0.717, 1.165) is 10.9 Å². The number of halogens is 1. The van der Waals surface area contributed by atoms with Crippen LogP contribution in [-0.2, 0) is 0 Å². The van der Waals surface area contributed by atoms with E-state index in [-0.39, 0.29) is 22.2 Å². The molecule has 8 nitrogen and oxygen atoms in total. The van der Waals surface area contributed by atoms with E-state index in [1.807, 2.05) is 17.5 Å². The Morgan fingerprint density at radius 2 is 2.00 bits per heavy atom. The molecular weight excluding hydrogens is 416 g/mol. The number of rotatable bonds is 5. The zero-order valence-corrected chi connectivity index (χ0v) is 16.1. The van der Waals surface area contributed by atoms with Gasteiger partial charge in [0.2, 0.25) is 5.82 Å². The minimum absolute atomic E-state index is 0.0213. The fourth-order valence-electron chi connectivity index (χ4n) is 2.61. The molecule has 1 amide bonds. The summed E-state index contributed by atoms with van der Waals surface area (Å²) in [6.07, 6.45) is 0. The average Bonchev–Trinajstić information content (AvgIpc) is 3.40. The molecule has 2 aromatic carbocycles. The summed E-state index contributed by atoms with van der Waals surface area (Å²) >= 11 is 7.53. The highest BCUT2D eigenvalue weighted by Gasteiger charge is 2.19. The van der Waals surface area contributed by atoms with Crippen molar-refractivity contribution >= 4 is 40.2 Å². The second-order valence-electron chi connectivity index (χ2n) is 5.82. The Bertz CT molecular complexity index is 1210. The summed E-state index contributed by atoms with van der Waals surface area (Å²) in [4.78, 5) is 28.2. The number of para-hydroxylation sites is 1. The molecule has 144 valence electrons. The number of carbonyl (C=O) groups excluding carboxylic acids is 1. The van der Waals surface area contributed by atoms with Crippen LogP contribution in [0, 0.1) is 10.1 Å². The third kappa shape index (κ3) is 3.86. The molecule has 1 N–H and O–H groups in total. The zero-order chi connectivity index (χ0) is 20.4. The predicted molar refractivity (Wildman–Crippen MR) is 109 cm³/mol. The highest BCUT2D eigenvalue weighted by atomic mass is 35.5. The smallest absolute Gasteiger partial charge is 0.270 e. The Labute approximate surface area is 172 Å². The standard InChI is InChI=1S/C19H11ClN4O4S/c20-14-10-11(24(26)27)7-8-12(14)18(25)21-15-5-2-1-4-13(15)19-22-17(23-28-19)16-6-3-9-29-16/h1-10H,(H,21,25). The van der Waals surface area contributed by atoms with Crippen molar-refractivity contribution in [3.63, 3.8) is 0 Å². The summed E-state index contributed by atoms with van der Waals surface area (Å²) in [5, 5.41) is 19.4. The molecule has 0 saturated heterocycles. The Kier molecular flexibility index (Phi) is 5.07. The molecular formula is C19H11ClN4O4S. The number of anilines is 1. The predicted octanol–water partition coefficient (Wildman–Crippen LogP) is 5.28. The van der Waals surface area contributed by atoms with Crippen LogP contribution in [0.4, 0.5) is 11.4 Å². The summed E-state index contributed by atoms with van der Waals surface area (Å²) in [6.45, 7) is 0. The summed E-state index contributed by atoms with van der Waals surface area (Å²) in [5.74, 6) is 0.184. The van der Waals surface area contributed by atoms with Crippen LogP contribution in [0.3, 0.4) is 0 Å². The fourth-order valence-corrected chi connectivity index (χ4v) is 3.52. The van der Waals surface area contributed by atoms with Gasteiger partial charge in [0.25, 0.3) is 17.5 Å². The quantitative estimate of drug-likeness (QED) is 0.343. The van der Waals surface area contributed by atoms with Gasteiger partial charge in [-0.05, 0) is 29.6 Å². The van der Waals surface area contributed by atoms with E-state index in [4.69, 9.17) is 16.1 Å². The summed E-state index contributed by atoms with van der Waals surface area (Å²) < 4.78 is 5.36. The number of thiophene rings is 1. The molecule has 0 aliphatic heterocycles. The van der Waals surface area contributed by atoms with E-state index in [9.17, 15) is 14.9 Å². The third-order valence-corrected chi connectivity index (χ3v) is 5.16. The number of nitro groups is 1. The largest absolute Gasteiger partial charge is 0.334 e. The van der Waals surface area contributed by atoms with Crippen LogP contribution in [0.1, 0.15) is 10.4 Å². The average molecular weight is 427 g/mol. The molecule has 0 fully saturated rings.